The molecular formula is C18H33NO18S3. The van der Waals surface area contributed by atoms with Gasteiger partial charge in [0.15, 0.2) is 6.10 Å². The highest BCUT2D eigenvalue weighted by molar-refractivity contribution is 7.83. The molecule has 2 saturated heterocycles. The summed E-state index contributed by atoms with van der Waals surface area (Å²) in [6, 6.07) is -1.90. The molecule has 40 heavy (non-hydrogen) atoms. The van der Waals surface area contributed by atoms with E-state index in [9.17, 15) is 54.5 Å². The van der Waals surface area contributed by atoms with Crippen molar-refractivity contribution in [1.29, 1.82) is 0 Å². The monoisotopic (exact) mass is 647 g/mol. The summed E-state index contributed by atoms with van der Waals surface area (Å²) in [5, 5.41) is 28.8. The van der Waals surface area contributed by atoms with Crippen molar-refractivity contribution in [3.05, 3.63) is 0 Å². The summed E-state index contributed by atoms with van der Waals surface area (Å²) in [5.74, 6) is -4.32. The van der Waals surface area contributed by atoms with Gasteiger partial charge in [-0.15, -0.1) is 0 Å². The summed E-state index contributed by atoms with van der Waals surface area (Å²) in [6.45, 7) is -0.146. The second-order valence-electron chi connectivity index (χ2n) is 9.41. The molecular weight excluding hydrogens is 614 g/mol. The molecule has 2 aliphatic heterocycles. The normalized spacial score (nSPS) is 35.9. The lowest BCUT2D eigenvalue weighted by molar-refractivity contribution is -0.201. The maximum absolute atomic E-state index is 11.7. The number of carbonyl (C=O) groups is 1. The molecule has 2 fully saturated rings. The zero-order chi connectivity index (χ0) is 30.6. The Morgan fingerprint density at radius 2 is 1.43 bits per heavy atom. The van der Waals surface area contributed by atoms with Crippen molar-refractivity contribution in [2.75, 3.05) is 33.0 Å². The maximum Gasteiger partial charge on any atom is 0.397 e. The van der Waals surface area contributed by atoms with Gasteiger partial charge in [0.05, 0.1) is 44.7 Å². The number of carboxylic acids is 1. The summed E-state index contributed by atoms with van der Waals surface area (Å²) < 4.78 is 123. The molecule has 0 spiro atoms. The van der Waals surface area contributed by atoms with Gasteiger partial charge < -0.3 is 29.5 Å². The number of aliphatic hydroxyl groups excluding tert-OH is 2. The van der Waals surface area contributed by atoms with Gasteiger partial charge in [-0.05, 0) is 11.8 Å². The topological polar surface area (TPSA) is 299 Å². The van der Waals surface area contributed by atoms with E-state index >= 15 is 0 Å². The molecule has 236 valence electrons. The van der Waals surface area contributed by atoms with Crippen molar-refractivity contribution in [2.24, 2.45) is 23.7 Å². The van der Waals surface area contributed by atoms with Gasteiger partial charge in [-0.1, -0.05) is 13.8 Å². The minimum Gasteiger partial charge on any atom is -0.479 e. The predicted molar refractivity (Wildman–Crippen MR) is 128 cm³/mol. The predicted octanol–water partition coefficient (Wildman–Crippen LogP) is -3.12. The molecule has 0 aliphatic carbocycles. The number of nitrogens with one attached hydrogen (secondary N) is 1. The van der Waals surface area contributed by atoms with Crippen LogP contribution >= 0.6 is 0 Å². The van der Waals surface area contributed by atoms with Gasteiger partial charge in [0.1, 0.15) is 12.2 Å². The van der Waals surface area contributed by atoms with E-state index < -0.39 is 112 Å². The first-order valence-corrected chi connectivity index (χ1v) is 15.8. The van der Waals surface area contributed by atoms with Crippen LogP contribution in [-0.2, 0) is 58.5 Å². The largest absolute Gasteiger partial charge is 0.479 e. The Hall–Kier alpha value is -1.12. The summed E-state index contributed by atoms with van der Waals surface area (Å²) >= 11 is 0. The second kappa shape index (κ2) is 13.9. The summed E-state index contributed by atoms with van der Waals surface area (Å²) in [7, 11) is -15.5. The number of carboxylic acid groups (broad SMARTS) is 1. The summed E-state index contributed by atoms with van der Waals surface area (Å²) in [6.07, 6.45) is -7.59. The van der Waals surface area contributed by atoms with Gasteiger partial charge in [0.2, 0.25) is 0 Å². The van der Waals surface area contributed by atoms with Gasteiger partial charge in [0.25, 0.3) is 0 Å². The zero-order valence-corrected chi connectivity index (χ0v) is 23.6. The van der Waals surface area contributed by atoms with Crippen LogP contribution in [0.5, 0.6) is 0 Å². The van der Waals surface area contributed by atoms with Gasteiger partial charge in [0, 0.05) is 18.4 Å². The van der Waals surface area contributed by atoms with E-state index in [4.69, 9.17) is 18.8 Å². The molecule has 0 aromatic heterocycles. The van der Waals surface area contributed by atoms with Gasteiger partial charge in [-0.3, -0.25) is 13.7 Å². The molecule has 4 unspecified atom stereocenters. The Balaban J connectivity index is 2.37. The van der Waals surface area contributed by atoms with E-state index in [1.54, 1.807) is 18.6 Å². The highest BCUT2D eigenvalue weighted by Crippen LogP contribution is 2.36. The van der Waals surface area contributed by atoms with Crippen molar-refractivity contribution in [1.82, 2.24) is 4.72 Å². The lowest BCUT2D eigenvalue weighted by Gasteiger charge is -2.45. The van der Waals surface area contributed by atoms with E-state index in [0.717, 1.165) is 0 Å². The van der Waals surface area contributed by atoms with E-state index in [-0.39, 0.29) is 18.4 Å². The Labute approximate surface area is 230 Å². The highest BCUT2D eigenvalue weighted by Gasteiger charge is 2.50. The molecule has 0 aromatic rings. The van der Waals surface area contributed by atoms with Crippen molar-refractivity contribution in [3.63, 3.8) is 0 Å². The van der Waals surface area contributed by atoms with Crippen LogP contribution in [0.1, 0.15) is 13.8 Å². The van der Waals surface area contributed by atoms with Crippen LogP contribution in [0, 0.1) is 23.7 Å². The smallest absolute Gasteiger partial charge is 0.397 e. The Kier molecular flexibility index (Phi) is 12.2. The van der Waals surface area contributed by atoms with Gasteiger partial charge >= 0.3 is 37.1 Å². The van der Waals surface area contributed by atoms with Crippen LogP contribution in [0.3, 0.4) is 0 Å². The number of aliphatic carboxylic acids is 1. The van der Waals surface area contributed by atoms with E-state index in [1.807, 2.05) is 0 Å². The van der Waals surface area contributed by atoms with Crippen LogP contribution < -0.4 is 4.72 Å². The standard InChI is InChI=1S/C18H33NO18S3/c1-8-9(2)13(36-17(18(22)23)10(8)3-20)6-33-5-11-14(7-34-39(27,28)29)35-12(4-21)15(19-38(24,25)26)16(11)37-40(30,31)32/h8-17,19-21H,3-7H2,1-2H3,(H,22,23)(H,24,25,26)(H,27,28,29)(H,30,31,32)/t8-,9?,10-,11+,12+,13+,14?,15?,16+,17?/m1/s1. The average molecular weight is 648 g/mol. The van der Waals surface area contributed by atoms with Crippen LogP contribution in [0.15, 0.2) is 0 Å². The fourth-order valence-corrected chi connectivity index (χ4v) is 6.27. The first-order chi connectivity index (χ1) is 18.3. The summed E-state index contributed by atoms with van der Waals surface area (Å²) in [4.78, 5) is 11.7. The van der Waals surface area contributed by atoms with Crippen molar-refractivity contribution >= 4 is 37.1 Å². The first-order valence-electron chi connectivity index (χ1n) is 11.6. The molecule has 2 rings (SSSR count). The maximum atomic E-state index is 11.7. The molecule has 0 aromatic carbocycles. The van der Waals surface area contributed by atoms with Crippen molar-refractivity contribution < 1.29 is 81.6 Å². The third-order valence-electron chi connectivity index (χ3n) is 6.93. The molecule has 0 bridgehead atoms. The van der Waals surface area contributed by atoms with Crippen molar-refractivity contribution in [2.45, 2.75) is 50.4 Å². The fraction of sp³-hybridized carbons (Fsp3) is 0.944. The SMILES string of the molecule is CC1[C@H](COC[C@H]2C(COS(=O)(=O)O)O[C@@H](CO)C(NS(=O)(=O)O)[C@H]2OS(=O)(=O)O)OC(C(=O)O)[C@H](CO)[C@@H]1C. The quantitative estimate of drug-likeness (QED) is 0.0917. The molecule has 10 atom stereocenters. The average Bonchev–Trinajstić information content (AvgIpc) is 2.80. The van der Waals surface area contributed by atoms with Gasteiger partial charge in [-0.25, -0.2) is 13.2 Å². The molecule has 7 N–H and O–H groups in total. The molecule has 22 heteroatoms. The zero-order valence-electron chi connectivity index (χ0n) is 21.1. The second-order valence-corrected chi connectivity index (χ2v) is 12.7. The molecule has 0 saturated carbocycles. The minimum atomic E-state index is -5.36. The lowest BCUT2D eigenvalue weighted by atomic mass is 9.76. The molecule has 2 heterocycles. The third-order valence-corrected chi connectivity index (χ3v) is 8.40. The number of rotatable bonds is 14. The minimum absolute atomic E-state index is 0.353. The third kappa shape index (κ3) is 10.0. The lowest BCUT2D eigenvalue weighted by Crippen LogP contribution is -2.64. The molecule has 2 aliphatic rings. The van der Waals surface area contributed by atoms with Crippen LogP contribution in [0.25, 0.3) is 0 Å². The number of hydrogen-bond donors (Lipinski definition) is 7. The molecule has 0 amide bonds. The van der Waals surface area contributed by atoms with E-state index in [1.165, 1.54) is 0 Å². The summed E-state index contributed by atoms with van der Waals surface area (Å²) in [5.41, 5.74) is 0. The van der Waals surface area contributed by atoms with Crippen LogP contribution in [0.4, 0.5) is 0 Å². The Bertz CT molecular complexity index is 1180. The van der Waals surface area contributed by atoms with Gasteiger partial charge in [-0.2, -0.15) is 30.0 Å². The number of aliphatic hydroxyl groups is 2. The number of hydrogen-bond acceptors (Lipinski definition) is 14. The molecule has 0 radical (unpaired) electrons. The Morgan fingerprint density at radius 1 is 0.800 bits per heavy atom. The van der Waals surface area contributed by atoms with Crippen LogP contribution in [0.2, 0.25) is 0 Å². The molecule has 19 nitrogen and oxygen atoms in total. The Morgan fingerprint density at radius 3 is 1.90 bits per heavy atom. The fourth-order valence-electron chi connectivity index (χ4n) is 4.79. The van der Waals surface area contributed by atoms with E-state index in [0.29, 0.717) is 0 Å². The first kappa shape index (κ1) is 35.1. The highest BCUT2D eigenvalue weighted by atomic mass is 32.3. The number of ether oxygens (including phenoxy) is 3. The van der Waals surface area contributed by atoms with Crippen LogP contribution in [-0.4, -0.2) is 130 Å². The van der Waals surface area contributed by atoms with Crippen molar-refractivity contribution in [3.8, 4) is 0 Å². The van der Waals surface area contributed by atoms with E-state index in [2.05, 4.69) is 8.37 Å².